The van der Waals surface area contributed by atoms with Crippen molar-refractivity contribution >= 4 is 17.3 Å². The van der Waals surface area contributed by atoms with Gasteiger partial charge in [0.1, 0.15) is 0 Å². The van der Waals surface area contributed by atoms with Crippen molar-refractivity contribution in [1.82, 2.24) is 0 Å². The fourth-order valence-electron chi connectivity index (χ4n) is 5.11. The summed E-state index contributed by atoms with van der Waals surface area (Å²) in [6, 6.07) is 16.0. The number of hydrogen-bond acceptors (Lipinski definition) is 3. The van der Waals surface area contributed by atoms with Crippen molar-refractivity contribution in [3.05, 3.63) is 82.1 Å². The van der Waals surface area contributed by atoms with Crippen LogP contribution in [-0.4, -0.2) is 17.3 Å². The number of nitrogens with zero attached hydrogens (tertiary/aromatic N) is 1. The lowest BCUT2D eigenvalue weighted by molar-refractivity contribution is -0.118. The molecule has 140 valence electrons. The molecule has 3 aliphatic rings. The summed E-state index contributed by atoms with van der Waals surface area (Å²) in [6.07, 6.45) is 1.27. The quantitative estimate of drug-likeness (QED) is 0.707. The molecule has 5 rings (SSSR count). The number of carbonyl (C=O) groups is 2. The van der Waals surface area contributed by atoms with Gasteiger partial charge >= 0.3 is 0 Å². The van der Waals surface area contributed by atoms with Crippen LogP contribution in [0.25, 0.3) is 0 Å². The molecular weight excluding hydrogens is 346 g/mol. The van der Waals surface area contributed by atoms with Gasteiger partial charge in [0, 0.05) is 34.7 Å². The topological polar surface area (TPSA) is 46.5 Å². The monoisotopic (exact) mass is 369 g/mol. The maximum Gasteiger partial charge on any atom is 0.173 e. The van der Waals surface area contributed by atoms with Crippen LogP contribution < -0.4 is 0 Å². The van der Waals surface area contributed by atoms with E-state index in [1.54, 1.807) is 0 Å². The molecule has 2 aromatic carbocycles. The number of fused-ring (bicyclic) bond motifs is 3. The van der Waals surface area contributed by atoms with Gasteiger partial charge in [0.25, 0.3) is 0 Å². The number of Topliss-reactive ketones (excluding diaryl/α,β-unsaturated/α-hetero) is 2. The molecule has 2 aromatic rings. The molecule has 0 saturated heterocycles. The zero-order valence-corrected chi connectivity index (χ0v) is 16.5. The third kappa shape index (κ3) is 2.46. The Kier molecular flexibility index (Phi) is 3.61. The molecule has 0 bridgehead atoms. The summed E-state index contributed by atoms with van der Waals surface area (Å²) in [4.78, 5) is 31.6. The Bertz CT molecular complexity index is 1100. The molecule has 0 N–H and O–H groups in total. The predicted molar refractivity (Wildman–Crippen MR) is 110 cm³/mol. The highest BCUT2D eigenvalue weighted by molar-refractivity contribution is 6.30. The molecule has 0 unspecified atom stereocenters. The number of aliphatic imine (C=N–C) groups is 1. The van der Waals surface area contributed by atoms with E-state index in [4.69, 9.17) is 4.99 Å². The SMILES string of the molecule is Cc1cccc([C@H]2C3=C(CC(C)(C)CC3=O)N=C3c4ccccc4C(=O)[C@H]32)c1. The average molecular weight is 369 g/mol. The lowest BCUT2D eigenvalue weighted by Gasteiger charge is -2.38. The zero-order valence-electron chi connectivity index (χ0n) is 16.5. The molecule has 28 heavy (non-hydrogen) atoms. The van der Waals surface area contributed by atoms with Crippen LogP contribution in [0.2, 0.25) is 0 Å². The van der Waals surface area contributed by atoms with E-state index in [-0.39, 0.29) is 22.9 Å². The van der Waals surface area contributed by atoms with Crippen LogP contribution in [-0.2, 0) is 4.79 Å². The molecule has 1 heterocycles. The summed E-state index contributed by atoms with van der Waals surface area (Å²) in [5, 5.41) is 0. The summed E-state index contributed by atoms with van der Waals surface area (Å²) >= 11 is 0. The van der Waals surface area contributed by atoms with Gasteiger partial charge in [-0.3, -0.25) is 14.6 Å². The number of carbonyl (C=O) groups excluding carboxylic acids is 2. The molecule has 2 aliphatic carbocycles. The van der Waals surface area contributed by atoms with Gasteiger partial charge in [-0.25, -0.2) is 0 Å². The molecule has 0 saturated carbocycles. The van der Waals surface area contributed by atoms with Gasteiger partial charge in [-0.2, -0.15) is 0 Å². The minimum atomic E-state index is -0.400. The van der Waals surface area contributed by atoms with E-state index in [2.05, 4.69) is 26.0 Å². The summed E-state index contributed by atoms with van der Waals surface area (Å²) < 4.78 is 0. The Morgan fingerprint density at radius 3 is 2.43 bits per heavy atom. The second-order valence-corrected chi connectivity index (χ2v) is 9.08. The number of hydrogen-bond donors (Lipinski definition) is 0. The standard InChI is InChI=1S/C25H23NO2/c1-14-7-6-8-15(11-14)20-21-18(12-25(2,3)13-19(21)27)26-23-16-9-4-5-10-17(16)24(28)22(20)23/h4-11,20,22H,12-13H2,1-3H3/t20-,22-/m0/s1. The van der Waals surface area contributed by atoms with Gasteiger partial charge < -0.3 is 0 Å². The van der Waals surface area contributed by atoms with Gasteiger partial charge in [0.05, 0.1) is 11.6 Å². The Morgan fingerprint density at radius 2 is 1.68 bits per heavy atom. The molecular formula is C25H23NO2. The van der Waals surface area contributed by atoms with Crippen molar-refractivity contribution in [2.45, 2.75) is 39.5 Å². The third-order valence-electron chi connectivity index (χ3n) is 6.24. The van der Waals surface area contributed by atoms with Crippen LogP contribution in [0.15, 0.2) is 64.8 Å². The van der Waals surface area contributed by atoms with Crippen LogP contribution in [0.4, 0.5) is 0 Å². The van der Waals surface area contributed by atoms with Crippen LogP contribution >= 0.6 is 0 Å². The molecule has 0 amide bonds. The largest absolute Gasteiger partial charge is 0.294 e. The Morgan fingerprint density at radius 1 is 0.929 bits per heavy atom. The van der Waals surface area contributed by atoms with Gasteiger partial charge in [-0.15, -0.1) is 0 Å². The zero-order chi connectivity index (χ0) is 19.6. The molecule has 1 aliphatic heterocycles. The minimum absolute atomic E-state index is 0.0880. The first-order valence-electron chi connectivity index (χ1n) is 9.91. The summed E-state index contributed by atoms with van der Waals surface area (Å²) in [5.41, 5.74) is 6.22. The van der Waals surface area contributed by atoms with E-state index in [1.807, 2.05) is 43.3 Å². The molecule has 0 aromatic heterocycles. The summed E-state index contributed by atoms with van der Waals surface area (Å²) in [5.74, 6) is -0.414. The average Bonchev–Trinajstić information content (AvgIpc) is 2.92. The Labute approximate surface area is 165 Å². The van der Waals surface area contributed by atoms with Gasteiger partial charge in [-0.1, -0.05) is 67.9 Å². The van der Waals surface area contributed by atoms with E-state index < -0.39 is 5.92 Å². The molecule has 3 nitrogen and oxygen atoms in total. The maximum absolute atomic E-state index is 13.4. The fourth-order valence-corrected chi connectivity index (χ4v) is 5.11. The highest BCUT2D eigenvalue weighted by atomic mass is 16.1. The number of rotatable bonds is 1. The minimum Gasteiger partial charge on any atom is -0.294 e. The van der Waals surface area contributed by atoms with Crippen molar-refractivity contribution in [3.8, 4) is 0 Å². The second kappa shape index (κ2) is 5.84. The number of aryl methyl sites for hydroxylation is 1. The van der Waals surface area contributed by atoms with E-state index >= 15 is 0 Å². The second-order valence-electron chi connectivity index (χ2n) is 9.08. The van der Waals surface area contributed by atoms with Crippen LogP contribution in [0.5, 0.6) is 0 Å². The molecule has 3 heteroatoms. The smallest absolute Gasteiger partial charge is 0.173 e. The number of allylic oxidation sites excluding steroid dienone is 2. The highest BCUT2D eigenvalue weighted by Gasteiger charge is 2.50. The van der Waals surface area contributed by atoms with Gasteiger partial charge in [-0.05, 0) is 24.3 Å². The Hall–Kier alpha value is -2.81. The van der Waals surface area contributed by atoms with Crippen molar-refractivity contribution in [2.75, 3.05) is 0 Å². The van der Waals surface area contributed by atoms with Crippen molar-refractivity contribution in [3.63, 3.8) is 0 Å². The van der Waals surface area contributed by atoms with Gasteiger partial charge in [0.15, 0.2) is 11.6 Å². The fraction of sp³-hybridized carbons (Fsp3) is 0.320. The molecule has 2 atom stereocenters. The van der Waals surface area contributed by atoms with E-state index in [0.717, 1.165) is 45.7 Å². The summed E-state index contributed by atoms with van der Waals surface area (Å²) in [7, 11) is 0. The first kappa shape index (κ1) is 17.3. The van der Waals surface area contributed by atoms with Gasteiger partial charge in [0.2, 0.25) is 0 Å². The van der Waals surface area contributed by atoms with E-state index in [1.165, 1.54) is 0 Å². The van der Waals surface area contributed by atoms with E-state index in [9.17, 15) is 9.59 Å². The molecule has 0 fully saturated rings. The first-order chi connectivity index (χ1) is 13.4. The van der Waals surface area contributed by atoms with Crippen molar-refractivity contribution in [1.29, 1.82) is 0 Å². The number of ketones is 2. The lowest BCUT2D eigenvalue weighted by atomic mass is 9.66. The van der Waals surface area contributed by atoms with Crippen LogP contribution in [0, 0.1) is 18.3 Å². The lowest BCUT2D eigenvalue weighted by Crippen LogP contribution is -2.37. The highest BCUT2D eigenvalue weighted by Crippen LogP contribution is 2.51. The number of benzene rings is 2. The Balaban J connectivity index is 1.78. The maximum atomic E-state index is 13.4. The molecule has 0 radical (unpaired) electrons. The van der Waals surface area contributed by atoms with E-state index in [0.29, 0.717) is 6.42 Å². The third-order valence-corrected chi connectivity index (χ3v) is 6.24. The predicted octanol–water partition coefficient (Wildman–Crippen LogP) is 5.04. The van der Waals surface area contributed by atoms with Crippen LogP contribution in [0.1, 0.15) is 59.7 Å². The van der Waals surface area contributed by atoms with Crippen LogP contribution in [0.3, 0.4) is 0 Å². The van der Waals surface area contributed by atoms with Crippen molar-refractivity contribution < 1.29 is 9.59 Å². The first-order valence-corrected chi connectivity index (χ1v) is 9.91. The summed E-state index contributed by atoms with van der Waals surface area (Å²) in [6.45, 7) is 6.29. The normalized spacial score (nSPS) is 25.2. The molecule has 0 spiro atoms. The van der Waals surface area contributed by atoms with Crippen molar-refractivity contribution in [2.24, 2.45) is 16.3 Å².